The number of aromatic nitrogens is 1. The molecule has 0 aliphatic carbocycles. The quantitative estimate of drug-likeness (QED) is 0.776. The second-order valence-electron chi connectivity index (χ2n) is 5.23. The maximum absolute atomic E-state index is 12.7. The minimum atomic E-state index is -0.0607. The Morgan fingerprint density at radius 1 is 1.35 bits per heavy atom. The van der Waals surface area contributed by atoms with Crippen LogP contribution in [0, 0.1) is 0 Å². The number of ketones is 1. The zero-order valence-electron chi connectivity index (χ0n) is 12.9. The lowest BCUT2D eigenvalue weighted by Crippen LogP contribution is -2.22. The molecule has 1 aliphatic rings. The van der Waals surface area contributed by atoms with Crippen molar-refractivity contribution in [3.63, 3.8) is 0 Å². The van der Waals surface area contributed by atoms with Crippen molar-refractivity contribution in [1.82, 2.24) is 4.98 Å². The third-order valence-corrected chi connectivity index (χ3v) is 5.65. The number of rotatable bonds is 2. The lowest BCUT2D eigenvalue weighted by atomic mass is 10.0. The summed E-state index contributed by atoms with van der Waals surface area (Å²) in [6, 6.07) is 7.71. The average molecular weight is 344 g/mol. The van der Waals surface area contributed by atoms with Gasteiger partial charge in [0.15, 0.2) is 10.9 Å². The molecule has 1 amide bonds. The van der Waals surface area contributed by atoms with Crippen LogP contribution in [-0.2, 0) is 4.79 Å². The number of Topliss-reactive ketones (excluding diaryl/α,β-unsaturated/α-hetero) is 1. The second kappa shape index (κ2) is 6.68. The third-order valence-electron chi connectivity index (χ3n) is 3.64. The van der Waals surface area contributed by atoms with E-state index in [1.165, 1.54) is 23.2 Å². The van der Waals surface area contributed by atoms with Crippen molar-refractivity contribution in [3.05, 3.63) is 46.5 Å². The first-order valence-electron chi connectivity index (χ1n) is 7.23. The van der Waals surface area contributed by atoms with Gasteiger partial charge in [0.05, 0.1) is 5.69 Å². The van der Waals surface area contributed by atoms with Crippen LogP contribution in [0.3, 0.4) is 0 Å². The Labute approximate surface area is 143 Å². The Kier molecular flexibility index (Phi) is 4.63. The topological polar surface area (TPSA) is 50.3 Å². The summed E-state index contributed by atoms with van der Waals surface area (Å²) in [5, 5.41) is 2.51. The molecular weight excluding hydrogens is 328 g/mol. The molecule has 1 aromatic heterocycles. The van der Waals surface area contributed by atoms with Gasteiger partial charge in [-0.15, -0.1) is 23.1 Å². The molecule has 0 N–H and O–H groups in total. The van der Waals surface area contributed by atoms with Crippen LogP contribution in [0.2, 0.25) is 0 Å². The minimum absolute atomic E-state index is 0.0607. The smallest absolute Gasteiger partial charge is 0.225 e. The molecule has 0 radical (unpaired) electrons. The first-order chi connectivity index (χ1) is 11.1. The Balaban J connectivity index is 1.91. The summed E-state index contributed by atoms with van der Waals surface area (Å²) in [6.07, 6.45) is 2.56. The summed E-state index contributed by atoms with van der Waals surface area (Å²) < 4.78 is 0. The van der Waals surface area contributed by atoms with Crippen LogP contribution in [-0.4, -0.2) is 29.5 Å². The summed E-state index contributed by atoms with van der Waals surface area (Å²) >= 11 is 3.11. The zero-order chi connectivity index (χ0) is 16.4. The Bertz CT molecular complexity index is 795. The van der Waals surface area contributed by atoms with E-state index >= 15 is 0 Å². The van der Waals surface area contributed by atoms with Gasteiger partial charge < -0.3 is 0 Å². The highest BCUT2D eigenvalue weighted by Crippen LogP contribution is 2.32. The molecule has 3 rings (SSSR count). The van der Waals surface area contributed by atoms with Gasteiger partial charge in [0.25, 0.3) is 0 Å². The van der Waals surface area contributed by atoms with E-state index in [1.54, 1.807) is 18.8 Å². The summed E-state index contributed by atoms with van der Waals surface area (Å²) in [6.45, 7) is 1.50. The Morgan fingerprint density at radius 2 is 2.13 bits per heavy atom. The lowest BCUT2D eigenvalue weighted by molar-refractivity contribution is -0.116. The lowest BCUT2D eigenvalue weighted by Gasteiger charge is -2.09. The molecule has 0 saturated carbocycles. The summed E-state index contributed by atoms with van der Waals surface area (Å²) in [5.41, 5.74) is 2.26. The number of carbonyl (C=O) groups is 2. The first kappa shape index (κ1) is 16.0. The number of nitrogens with zero attached hydrogens (tertiary/aromatic N) is 2. The molecule has 0 saturated heterocycles. The SMILES string of the molecule is CC(=O)N(C)c1nc(/C=C2/CCSc3ccccc3C2=O)cs1. The van der Waals surface area contributed by atoms with Gasteiger partial charge in [-0.3, -0.25) is 14.5 Å². The van der Waals surface area contributed by atoms with Gasteiger partial charge in [-0.05, 0) is 24.6 Å². The zero-order valence-corrected chi connectivity index (χ0v) is 14.5. The van der Waals surface area contributed by atoms with E-state index in [0.717, 1.165) is 27.5 Å². The highest BCUT2D eigenvalue weighted by atomic mass is 32.2. The molecule has 1 aromatic carbocycles. The maximum Gasteiger partial charge on any atom is 0.225 e. The highest BCUT2D eigenvalue weighted by molar-refractivity contribution is 7.99. The summed E-state index contributed by atoms with van der Waals surface area (Å²) in [5.74, 6) is 0.883. The van der Waals surface area contributed by atoms with Gasteiger partial charge in [0.1, 0.15) is 0 Å². The molecule has 1 aliphatic heterocycles. The normalized spacial score (nSPS) is 16.1. The van der Waals surface area contributed by atoms with Gasteiger partial charge in [-0.1, -0.05) is 12.1 Å². The van der Waals surface area contributed by atoms with E-state index in [-0.39, 0.29) is 11.7 Å². The largest absolute Gasteiger partial charge is 0.291 e. The molecule has 0 bridgehead atoms. The van der Waals surface area contributed by atoms with E-state index < -0.39 is 0 Å². The maximum atomic E-state index is 12.7. The molecule has 0 unspecified atom stereocenters. The van der Waals surface area contributed by atoms with Crippen molar-refractivity contribution in [2.75, 3.05) is 17.7 Å². The van der Waals surface area contributed by atoms with Crippen molar-refractivity contribution in [2.24, 2.45) is 0 Å². The number of anilines is 1. The molecule has 2 heterocycles. The third kappa shape index (κ3) is 3.38. The van der Waals surface area contributed by atoms with Crippen LogP contribution >= 0.6 is 23.1 Å². The standard InChI is InChI=1S/C17H16N2O2S2/c1-11(20)19(2)17-18-13(10-23-17)9-12-7-8-22-15-6-4-3-5-14(15)16(12)21/h3-6,9-10H,7-8H2,1-2H3/b12-9-. The molecular formula is C17H16N2O2S2. The number of fused-ring (bicyclic) bond motifs is 1. The molecule has 4 nitrogen and oxygen atoms in total. The van der Waals surface area contributed by atoms with Crippen LogP contribution in [0.25, 0.3) is 6.08 Å². The van der Waals surface area contributed by atoms with Crippen LogP contribution in [0.1, 0.15) is 29.4 Å². The summed E-state index contributed by atoms with van der Waals surface area (Å²) in [4.78, 5) is 31.1. The molecule has 6 heteroatoms. The van der Waals surface area contributed by atoms with Crippen LogP contribution in [0.15, 0.2) is 40.1 Å². The molecule has 23 heavy (non-hydrogen) atoms. The van der Waals surface area contributed by atoms with Crippen molar-refractivity contribution < 1.29 is 9.59 Å². The molecule has 0 atom stereocenters. The van der Waals surface area contributed by atoms with E-state index in [1.807, 2.05) is 35.7 Å². The highest BCUT2D eigenvalue weighted by Gasteiger charge is 2.20. The van der Waals surface area contributed by atoms with Gasteiger partial charge >= 0.3 is 0 Å². The number of allylic oxidation sites excluding steroid dienone is 1. The van der Waals surface area contributed by atoms with Gasteiger partial charge in [0, 0.05) is 41.1 Å². The molecule has 2 aromatic rings. The predicted octanol–water partition coefficient (Wildman–Crippen LogP) is 3.89. The van der Waals surface area contributed by atoms with Gasteiger partial charge in [0.2, 0.25) is 5.91 Å². The van der Waals surface area contributed by atoms with Crippen molar-refractivity contribution in [2.45, 2.75) is 18.2 Å². The predicted molar refractivity (Wildman–Crippen MR) is 95.3 cm³/mol. The van der Waals surface area contributed by atoms with E-state index in [9.17, 15) is 9.59 Å². The number of thiazole rings is 1. The number of carbonyl (C=O) groups excluding carboxylic acids is 2. The van der Waals surface area contributed by atoms with Gasteiger partial charge in [-0.25, -0.2) is 4.98 Å². The molecule has 0 fully saturated rings. The molecule has 0 spiro atoms. The van der Waals surface area contributed by atoms with Crippen molar-refractivity contribution in [1.29, 1.82) is 0 Å². The number of hydrogen-bond donors (Lipinski definition) is 0. The Morgan fingerprint density at radius 3 is 2.91 bits per heavy atom. The van der Waals surface area contributed by atoms with E-state index in [2.05, 4.69) is 4.98 Å². The first-order valence-corrected chi connectivity index (χ1v) is 9.09. The average Bonchev–Trinajstić information content (AvgIpc) is 2.95. The number of thioether (sulfide) groups is 1. The molecule has 118 valence electrons. The number of benzene rings is 1. The van der Waals surface area contributed by atoms with Crippen molar-refractivity contribution in [3.8, 4) is 0 Å². The summed E-state index contributed by atoms with van der Waals surface area (Å²) in [7, 11) is 1.70. The van der Waals surface area contributed by atoms with Crippen LogP contribution in [0.4, 0.5) is 5.13 Å². The monoisotopic (exact) mass is 344 g/mol. The fourth-order valence-corrected chi connectivity index (χ4v) is 4.11. The van der Waals surface area contributed by atoms with Crippen LogP contribution in [0.5, 0.6) is 0 Å². The van der Waals surface area contributed by atoms with E-state index in [0.29, 0.717) is 11.6 Å². The number of hydrogen-bond acceptors (Lipinski definition) is 5. The minimum Gasteiger partial charge on any atom is -0.291 e. The second-order valence-corrected chi connectivity index (χ2v) is 7.20. The van der Waals surface area contributed by atoms with E-state index in [4.69, 9.17) is 0 Å². The number of amides is 1. The fraction of sp³-hybridized carbons (Fsp3) is 0.235. The Hall–Kier alpha value is -1.92. The van der Waals surface area contributed by atoms with Gasteiger partial charge in [-0.2, -0.15) is 0 Å². The fourth-order valence-electron chi connectivity index (χ4n) is 2.29. The van der Waals surface area contributed by atoms with Crippen LogP contribution < -0.4 is 4.90 Å². The van der Waals surface area contributed by atoms with Crippen molar-refractivity contribution >= 4 is 46.0 Å².